The van der Waals surface area contributed by atoms with Gasteiger partial charge in [-0.05, 0) is 25.1 Å². The van der Waals surface area contributed by atoms with Crippen molar-refractivity contribution < 1.29 is 4.74 Å². The topological polar surface area (TPSA) is 61.0 Å². The molecule has 0 radical (unpaired) electrons. The number of aryl methyl sites for hydroxylation is 1. The van der Waals surface area contributed by atoms with Gasteiger partial charge in [-0.3, -0.25) is 4.98 Å². The lowest BCUT2D eigenvalue weighted by Gasteiger charge is -2.10. The third-order valence-electron chi connectivity index (χ3n) is 3.24. The molecule has 4 nitrogen and oxygen atoms in total. The number of aromatic nitrogens is 2. The molecule has 0 fully saturated rings. The molecule has 2 heterocycles. The summed E-state index contributed by atoms with van der Waals surface area (Å²) in [6.45, 7) is 2.64. The van der Waals surface area contributed by atoms with Crippen LogP contribution in [0.5, 0.6) is 5.75 Å². The lowest BCUT2D eigenvalue weighted by Crippen LogP contribution is -2.02. The maximum atomic E-state index is 5.96. The van der Waals surface area contributed by atoms with Gasteiger partial charge in [-0.1, -0.05) is 0 Å². The largest absolute Gasteiger partial charge is 0.493 e. The monoisotopic (exact) mass is 285 g/mol. The van der Waals surface area contributed by atoms with Crippen LogP contribution in [0.4, 0.5) is 5.69 Å². The minimum atomic E-state index is 0.622. The van der Waals surface area contributed by atoms with Crippen LogP contribution >= 0.6 is 11.3 Å². The molecule has 0 unspecified atom stereocenters. The predicted molar refractivity (Wildman–Crippen MR) is 82.2 cm³/mol. The van der Waals surface area contributed by atoms with E-state index in [-0.39, 0.29) is 0 Å². The molecule has 0 aliphatic carbocycles. The molecule has 3 aromatic rings. The number of anilines is 1. The van der Waals surface area contributed by atoms with Crippen molar-refractivity contribution in [2.24, 2.45) is 0 Å². The van der Waals surface area contributed by atoms with Crippen molar-refractivity contribution in [2.45, 2.75) is 13.3 Å². The van der Waals surface area contributed by atoms with Crippen molar-refractivity contribution in [3.63, 3.8) is 0 Å². The summed E-state index contributed by atoms with van der Waals surface area (Å²) in [5, 5.41) is 1.93. The second-order valence-corrected chi connectivity index (χ2v) is 5.47. The number of nitrogens with zero attached hydrogens (tertiary/aromatic N) is 2. The van der Waals surface area contributed by atoms with Crippen LogP contribution in [-0.2, 0) is 6.42 Å². The standard InChI is InChI=1S/C15H15N3OS/c1-10-15(20-9-18-10)5-7-19-14-3-2-13(16)11-4-6-17-8-12(11)14/h2-4,6,8-9H,5,7,16H2,1H3. The fourth-order valence-corrected chi connectivity index (χ4v) is 2.90. The molecule has 3 rings (SSSR count). The van der Waals surface area contributed by atoms with Gasteiger partial charge in [0.25, 0.3) is 0 Å². The van der Waals surface area contributed by atoms with E-state index in [0.29, 0.717) is 6.61 Å². The highest BCUT2D eigenvalue weighted by atomic mass is 32.1. The van der Waals surface area contributed by atoms with Gasteiger partial charge in [0.2, 0.25) is 0 Å². The van der Waals surface area contributed by atoms with E-state index in [4.69, 9.17) is 10.5 Å². The van der Waals surface area contributed by atoms with Gasteiger partial charge < -0.3 is 10.5 Å². The van der Waals surface area contributed by atoms with Gasteiger partial charge in [-0.2, -0.15) is 0 Å². The van der Waals surface area contributed by atoms with Crippen LogP contribution in [0.3, 0.4) is 0 Å². The summed E-state index contributed by atoms with van der Waals surface area (Å²) in [4.78, 5) is 9.65. The predicted octanol–water partition coefficient (Wildman–Crippen LogP) is 3.20. The van der Waals surface area contributed by atoms with Crippen LogP contribution in [-0.4, -0.2) is 16.6 Å². The number of hydrogen-bond acceptors (Lipinski definition) is 5. The maximum Gasteiger partial charge on any atom is 0.128 e. The average molecular weight is 285 g/mol. The normalized spacial score (nSPS) is 10.8. The summed E-state index contributed by atoms with van der Waals surface area (Å²) >= 11 is 1.67. The van der Waals surface area contributed by atoms with E-state index in [1.54, 1.807) is 23.7 Å². The van der Waals surface area contributed by atoms with Crippen LogP contribution in [0, 0.1) is 6.92 Å². The zero-order valence-corrected chi connectivity index (χ0v) is 12.0. The van der Waals surface area contributed by atoms with Crippen LogP contribution < -0.4 is 10.5 Å². The van der Waals surface area contributed by atoms with Crippen molar-refractivity contribution in [1.29, 1.82) is 0 Å². The molecule has 0 amide bonds. The van der Waals surface area contributed by atoms with Gasteiger partial charge in [0.05, 0.1) is 17.8 Å². The summed E-state index contributed by atoms with van der Waals surface area (Å²) in [6.07, 6.45) is 4.39. The second kappa shape index (κ2) is 5.46. The first kappa shape index (κ1) is 12.9. The molecule has 0 atom stereocenters. The van der Waals surface area contributed by atoms with E-state index in [0.717, 1.165) is 34.3 Å². The van der Waals surface area contributed by atoms with E-state index in [2.05, 4.69) is 9.97 Å². The van der Waals surface area contributed by atoms with E-state index in [1.165, 1.54) is 4.88 Å². The van der Waals surface area contributed by atoms with Gasteiger partial charge in [-0.15, -0.1) is 11.3 Å². The van der Waals surface area contributed by atoms with Crippen molar-refractivity contribution >= 4 is 27.8 Å². The van der Waals surface area contributed by atoms with E-state index >= 15 is 0 Å². The van der Waals surface area contributed by atoms with Crippen LogP contribution in [0.25, 0.3) is 10.8 Å². The molecule has 2 aromatic heterocycles. The number of rotatable bonds is 4. The first-order valence-electron chi connectivity index (χ1n) is 6.39. The van der Waals surface area contributed by atoms with Gasteiger partial charge in [0.15, 0.2) is 0 Å². The highest BCUT2D eigenvalue weighted by Gasteiger charge is 2.06. The smallest absolute Gasteiger partial charge is 0.128 e. The van der Waals surface area contributed by atoms with Gasteiger partial charge >= 0.3 is 0 Å². The summed E-state index contributed by atoms with van der Waals surface area (Å²) in [5.41, 5.74) is 9.66. The molecule has 102 valence electrons. The maximum absolute atomic E-state index is 5.96. The number of thiazole rings is 1. The number of hydrogen-bond donors (Lipinski definition) is 1. The Morgan fingerprint density at radius 1 is 1.25 bits per heavy atom. The SMILES string of the molecule is Cc1ncsc1CCOc1ccc(N)c2ccncc12. The van der Waals surface area contributed by atoms with Crippen LogP contribution in [0.15, 0.2) is 36.1 Å². The number of nitrogens with two attached hydrogens (primary N) is 1. The third-order valence-corrected chi connectivity index (χ3v) is 4.24. The summed E-state index contributed by atoms with van der Waals surface area (Å²) in [6, 6.07) is 5.68. The molecule has 0 saturated heterocycles. The molecule has 0 bridgehead atoms. The fraction of sp³-hybridized carbons (Fsp3) is 0.200. The molecule has 0 saturated carbocycles. The third kappa shape index (κ3) is 2.44. The quantitative estimate of drug-likeness (QED) is 0.748. The molecule has 1 aromatic carbocycles. The molecule has 20 heavy (non-hydrogen) atoms. The van der Waals surface area contributed by atoms with Crippen LogP contribution in [0.2, 0.25) is 0 Å². The van der Waals surface area contributed by atoms with Gasteiger partial charge in [-0.25, -0.2) is 4.98 Å². The lowest BCUT2D eigenvalue weighted by molar-refractivity contribution is 0.326. The zero-order valence-electron chi connectivity index (χ0n) is 11.2. The molecule has 2 N–H and O–H groups in total. The highest BCUT2D eigenvalue weighted by Crippen LogP contribution is 2.29. The fourth-order valence-electron chi connectivity index (χ4n) is 2.13. The molecule has 0 aliphatic rings. The van der Waals surface area contributed by atoms with Crippen LogP contribution in [0.1, 0.15) is 10.6 Å². The zero-order chi connectivity index (χ0) is 13.9. The van der Waals surface area contributed by atoms with Crippen molar-refractivity contribution in [3.8, 4) is 5.75 Å². The number of pyridine rings is 1. The second-order valence-electron chi connectivity index (χ2n) is 4.53. The summed E-state index contributed by atoms with van der Waals surface area (Å²) < 4.78 is 5.89. The van der Waals surface area contributed by atoms with Crippen molar-refractivity contribution in [1.82, 2.24) is 9.97 Å². The number of nitrogen functional groups attached to an aromatic ring is 1. The van der Waals surface area contributed by atoms with E-state index < -0.39 is 0 Å². The lowest BCUT2D eigenvalue weighted by atomic mass is 10.1. The highest BCUT2D eigenvalue weighted by molar-refractivity contribution is 7.09. The minimum Gasteiger partial charge on any atom is -0.493 e. The minimum absolute atomic E-state index is 0.622. The average Bonchev–Trinajstić information content (AvgIpc) is 2.87. The van der Waals surface area contributed by atoms with Crippen molar-refractivity contribution in [2.75, 3.05) is 12.3 Å². The Balaban J connectivity index is 1.78. The molecular formula is C15H15N3OS. The number of fused-ring (bicyclic) bond motifs is 1. The molecule has 5 heteroatoms. The Morgan fingerprint density at radius 3 is 2.95 bits per heavy atom. The summed E-state index contributed by atoms with van der Waals surface area (Å²) in [7, 11) is 0. The molecular weight excluding hydrogens is 270 g/mol. The summed E-state index contributed by atoms with van der Waals surface area (Å²) in [5.74, 6) is 0.824. The Bertz CT molecular complexity index is 739. The number of ether oxygens (including phenoxy) is 1. The van der Waals surface area contributed by atoms with Crippen molar-refractivity contribution in [3.05, 3.63) is 46.7 Å². The first-order valence-corrected chi connectivity index (χ1v) is 7.27. The Morgan fingerprint density at radius 2 is 2.15 bits per heavy atom. The number of benzene rings is 1. The molecule has 0 aliphatic heterocycles. The Labute approximate surface area is 121 Å². The molecule has 0 spiro atoms. The first-order chi connectivity index (χ1) is 9.75. The Kier molecular flexibility index (Phi) is 3.52. The van der Waals surface area contributed by atoms with Gasteiger partial charge in [0, 0.05) is 40.2 Å². The van der Waals surface area contributed by atoms with Gasteiger partial charge in [0.1, 0.15) is 5.75 Å². The Hall–Kier alpha value is -2.14. The van der Waals surface area contributed by atoms with E-state index in [1.807, 2.05) is 30.6 Å². The van der Waals surface area contributed by atoms with E-state index in [9.17, 15) is 0 Å².